The zero-order chi connectivity index (χ0) is 12.3. The quantitative estimate of drug-likeness (QED) is 0.673. The molecule has 1 aromatic heterocycles. The summed E-state index contributed by atoms with van der Waals surface area (Å²) in [5.41, 5.74) is 0.744. The summed E-state index contributed by atoms with van der Waals surface area (Å²) in [5.74, 6) is -1.09. The second kappa shape index (κ2) is 5.22. The van der Waals surface area contributed by atoms with Crippen LogP contribution in [0.5, 0.6) is 0 Å². The van der Waals surface area contributed by atoms with Crippen LogP contribution in [0.15, 0.2) is 42.5 Å². The molecule has 2 rings (SSSR count). The molecule has 5 heteroatoms. The van der Waals surface area contributed by atoms with Crippen LogP contribution in [0.1, 0.15) is 10.5 Å². The maximum Gasteiger partial charge on any atom is 0.274 e. The maximum absolute atomic E-state index is 12.9. The SMILES string of the molecule is O=C(Nc1ccccc1I)c1cccc(F)n1. The van der Waals surface area contributed by atoms with Crippen molar-refractivity contribution in [1.82, 2.24) is 4.98 Å². The van der Waals surface area contributed by atoms with E-state index in [0.29, 0.717) is 5.69 Å². The third-order valence-electron chi connectivity index (χ3n) is 2.07. The molecule has 2 aromatic rings. The van der Waals surface area contributed by atoms with E-state index in [-0.39, 0.29) is 5.69 Å². The first-order valence-corrected chi connectivity index (χ1v) is 5.93. The lowest BCUT2D eigenvalue weighted by Gasteiger charge is -2.06. The Morgan fingerprint density at radius 1 is 1.18 bits per heavy atom. The van der Waals surface area contributed by atoms with Crippen molar-refractivity contribution in [2.75, 3.05) is 5.32 Å². The minimum atomic E-state index is -0.666. The molecule has 0 saturated heterocycles. The number of carbonyl (C=O) groups excluding carboxylic acids is 1. The van der Waals surface area contributed by atoms with Gasteiger partial charge in [-0.05, 0) is 46.9 Å². The summed E-state index contributed by atoms with van der Waals surface area (Å²) < 4.78 is 13.8. The Morgan fingerprint density at radius 3 is 2.65 bits per heavy atom. The molecule has 3 nitrogen and oxygen atoms in total. The first kappa shape index (κ1) is 12.0. The molecule has 1 heterocycles. The molecule has 0 aliphatic heterocycles. The van der Waals surface area contributed by atoms with Crippen LogP contribution in [0.3, 0.4) is 0 Å². The standard InChI is InChI=1S/C12H8FIN2O/c13-11-7-3-6-10(15-11)12(17)16-9-5-2-1-4-8(9)14/h1-7H,(H,16,17). The first-order valence-electron chi connectivity index (χ1n) is 4.85. The Balaban J connectivity index is 2.20. The minimum Gasteiger partial charge on any atom is -0.320 e. The number of hydrogen-bond acceptors (Lipinski definition) is 2. The van der Waals surface area contributed by atoms with Gasteiger partial charge in [-0.3, -0.25) is 4.79 Å². The second-order valence-electron chi connectivity index (χ2n) is 3.28. The molecule has 1 aromatic carbocycles. The van der Waals surface area contributed by atoms with Crippen LogP contribution in [0.25, 0.3) is 0 Å². The fourth-order valence-corrected chi connectivity index (χ4v) is 1.81. The highest BCUT2D eigenvalue weighted by molar-refractivity contribution is 14.1. The third kappa shape index (κ3) is 3.00. The number of hydrogen-bond donors (Lipinski definition) is 1. The number of carbonyl (C=O) groups is 1. The number of benzene rings is 1. The lowest BCUT2D eigenvalue weighted by molar-refractivity contribution is 0.102. The van der Waals surface area contributed by atoms with Crippen LogP contribution in [0.4, 0.5) is 10.1 Å². The Labute approximate surface area is 111 Å². The van der Waals surface area contributed by atoms with Gasteiger partial charge in [-0.25, -0.2) is 4.98 Å². The van der Waals surface area contributed by atoms with E-state index < -0.39 is 11.9 Å². The smallest absolute Gasteiger partial charge is 0.274 e. The van der Waals surface area contributed by atoms with Crippen LogP contribution in [0, 0.1) is 9.52 Å². The van der Waals surface area contributed by atoms with Gasteiger partial charge in [-0.2, -0.15) is 4.39 Å². The van der Waals surface area contributed by atoms with E-state index >= 15 is 0 Å². The average Bonchev–Trinajstić information content (AvgIpc) is 2.32. The fourth-order valence-electron chi connectivity index (χ4n) is 1.28. The predicted molar refractivity (Wildman–Crippen MR) is 71.3 cm³/mol. The molecule has 0 aliphatic rings. The highest BCUT2D eigenvalue weighted by Crippen LogP contribution is 2.17. The van der Waals surface area contributed by atoms with Crippen molar-refractivity contribution in [2.45, 2.75) is 0 Å². The largest absolute Gasteiger partial charge is 0.320 e. The summed E-state index contributed by atoms with van der Waals surface area (Å²) in [6, 6.07) is 11.5. The van der Waals surface area contributed by atoms with Gasteiger partial charge in [0.25, 0.3) is 5.91 Å². The van der Waals surface area contributed by atoms with Crippen LogP contribution in [0.2, 0.25) is 0 Å². The van der Waals surface area contributed by atoms with Gasteiger partial charge in [-0.1, -0.05) is 18.2 Å². The lowest BCUT2D eigenvalue weighted by atomic mass is 10.3. The van der Waals surface area contributed by atoms with E-state index in [2.05, 4.69) is 32.9 Å². The molecule has 0 saturated carbocycles. The lowest BCUT2D eigenvalue weighted by Crippen LogP contribution is -2.14. The Bertz CT molecular complexity index is 560. The second-order valence-corrected chi connectivity index (χ2v) is 4.44. The summed E-state index contributed by atoms with van der Waals surface area (Å²) in [6.07, 6.45) is 0. The van der Waals surface area contributed by atoms with Crippen LogP contribution < -0.4 is 5.32 Å². The molecule has 0 radical (unpaired) electrons. The van der Waals surface area contributed by atoms with E-state index in [9.17, 15) is 9.18 Å². The Hall–Kier alpha value is -1.50. The van der Waals surface area contributed by atoms with Gasteiger partial charge >= 0.3 is 0 Å². The highest BCUT2D eigenvalue weighted by Gasteiger charge is 2.09. The molecular formula is C12H8FIN2O. The van der Waals surface area contributed by atoms with Crippen molar-refractivity contribution in [3.63, 3.8) is 0 Å². The van der Waals surface area contributed by atoms with Gasteiger partial charge < -0.3 is 5.32 Å². The molecule has 0 bridgehead atoms. The van der Waals surface area contributed by atoms with E-state index in [0.717, 1.165) is 3.57 Å². The van der Waals surface area contributed by atoms with Crippen molar-refractivity contribution in [3.8, 4) is 0 Å². The number of nitrogens with one attached hydrogen (secondary N) is 1. The van der Waals surface area contributed by atoms with Crippen molar-refractivity contribution in [1.29, 1.82) is 0 Å². The van der Waals surface area contributed by atoms with Crippen molar-refractivity contribution < 1.29 is 9.18 Å². The van der Waals surface area contributed by atoms with E-state index in [1.165, 1.54) is 18.2 Å². The molecule has 0 fully saturated rings. The Morgan fingerprint density at radius 2 is 1.94 bits per heavy atom. The number of para-hydroxylation sites is 1. The van der Waals surface area contributed by atoms with E-state index in [1.54, 1.807) is 6.07 Å². The van der Waals surface area contributed by atoms with Gasteiger partial charge in [0.2, 0.25) is 5.95 Å². The molecule has 0 unspecified atom stereocenters. The third-order valence-corrected chi connectivity index (χ3v) is 3.01. The average molecular weight is 342 g/mol. The molecule has 0 aliphatic carbocycles. The maximum atomic E-state index is 12.9. The van der Waals surface area contributed by atoms with Gasteiger partial charge in [0.15, 0.2) is 0 Å². The number of halogens is 2. The summed E-state index contributed by atoms with van der Waals surface area (Å²) in [7, 11) is 0. The monoisotopic (exact) mass is 342 g/mol. The van der Waals surface area contributed by atoms with Gasteiger partial charge in [0, 0.05) is 3.57 Å². The number of nitrogens with zero attached hydrogens (tertiary/aromatic N) is 1. The molecule has 86 valence electrons. The number of anilines is 1. The summed E-state index contributed by atoms with van der Waals surface area (Å²) in [4.78, 5) is 15.3. The van der Waals surface area contributed by atoms with Crippen LogP contribution >= 0.6 is 22.6 Å². The number of aromatic nitrogens is 1. The summed E-state index contributed by atoms with van der Waals surface area (Å²) in [5, 5.41) is 2.68. The number of rotatable bonds is 2. The van der Waals surface area contributed by atoms with Crippen molar-refractivity contribution in [3.05, 3.63) is 57.7 Å². The summed E-state index contributed by atoms with van der Waals surface area (Å²) >= 11 is 2.11. The van der Waals surface area contributed by atoms with Gasteiger partial charge in [-0.15, -0.1) is 0 Å². The van der Waals surface area contributed by atoms with Crippen LogP contribution in [-0.2, 0) is 0 Å². The zero-order valence-electron chi connectivity index (χ0n) is 8.65. The molecule has 0 spiro atoms. The zero-order valence-corrected chi connectivity index (χ0v) is 10.8. The van der Waals surface area contributed by atoms with Gasteiger partial charge in [0.1, 0.15) is 5.69 Å². The molecule has 17 heavy (non-hydrogen) atoms. The molecular weight excluding hydrogens is 334 g/mol. The minimum absolute atomic E-state index is 0.0599. The van der Waals surface area contributed by atoms with Crippen molar-refractivity contribution >= 4 is 34.2 Å². The summed E-state index contributed by atoms with van der Waals surface area (Å²) in [6.45, 7) is 0. The van der Waals surface area contributed by atoms with Crippen molar-refractivity contribution in [2.24, 2.45) is 0 Å². The predicted octanol–water partition coefficient (Wildman–Crippen LogP) is 3.08. The fraction of sp³-hybridized carbons (Fsp3) is 0. The van der Waals surface area contributed by atoms with Gasteiger partial charge in [0.05, 0.1) is 5.69 Å². The van der Waals surface area contributed by atoms with Crippen LogP contribution in [-0.4, -0.2) is 10.9 Å². The van der Waals surface area contributed by atoms with E-state index in [1.807, 2.05) is 18.2 Å². The highest BCUT2D eigenvalue weighted by atomic mass is 127. The molecule has 1 N–H and O–H groups in total. The normalized spacial score (nSPS) is 10.0. The molecule has 0 atom stereocenters. The Kier molecular flexibility index (Phi) is 3.68. The number of pyridine rings is 1. The number of amides is 1. The topological polar surface area (TPSA) is 42.0 Å². The molecule has 1 amide bonds. The van der Waals surface area contributed by atoms with E-state index in [4.69, 9.17) is 0 Å². The first-order chi connectivity index (χ1) is 8.16.